The first-order chi connectivity index (χ1) is 7.15. The van der Waals surface area contributed by atoms with Crippen molar-refractivity contribution in [1.29, 1.82) is 0 Å². The second kappa shape index (κ2) is 4.01. The fourth-order valence-electron chi connectivity index (χ4n) is 1.24. The van der Waals surface area contributed by atoms with Crippen molar-refractivity contribution in [1.82, 2.24) is 0 Å². The summed E-state index contributed by atoms with van der Waals surface area (Å²) >= 11 is 0. The summed E-state index contributed by atoms with van der Waals surface area (Å²) < 4.78 is 64.3. The van der Waals surface area contributed by atoms with Gasteiger partial charge in [-0.2, -0.15) is 0 Å². The molecule has 0 spiro atoms. The standard InChI is InChI=1S/C10H9F5O/c1-10(2,16)3-4-5(11)7(13)9(15)8(14)6(4)12/h16H,3H2,1-2H3. The first-order valence-corrected chi connectivity index (χ1v) is 4.38. The minimum atomic E-state index is -2.20. The Morgan fingerprint density at radius 3 is 1.44 bits per heavy atom. The van der Waals surface area contributed by atoms with Gasteiger partial charge in [0.05, 0.1) is 5.60 Å². The summed E-state index contributed by atoms with van der Waals surface area (Å²) in [6.07, 6.45) is -0.668. The minimum Gasteiger partial charge on any atom is -0.390 e. The van der Waals surface area contributed by atoms with Gasteiger partial charge in [-0.3, -0.25) is 0 Å². The smallest absolute Gasteiger partial charge is 0.200 e. The normalized spacial score (nSPS) is 12.0. The van der Waals surface area contributed by atoms with Crippen molar-refractivity contribution in [2.24, 2.45) is 0 Å². The zero-order valence-electron chi connectivity index (χ0n) is 8.54. The summed E-state index contributed by atoms with van der Waals surface area (Å²) in [5.41, 5.74) is -2.58. The van der Waals surface area contributed by atoms with Crippen molar-refractivity contribution in [3.8, 4) is 0 Å². The summed E-state index contributed by atoms with van der Waals surface area (Å²) in [5, 5.41) is 9.30. The summed E-state index contributed by atoms with van der Waals surface area (Å²) in [4.78, 5) is 0. The summed E-state index contributed by atoms with van der Waals surface area (Å²) in [6, 6.07) is 0. The Morgan fingerprint density at radius 2 is 1.12 bits per heavy atom. The van der Waals surface area contributed by atoms with E-state index in [0.29, 0.717) is 0 Å². The third-order valence-corrected chi connectivity index (χ3v) is 1.91. The Kier molecular flexibility index (Phi) is 3.23. The van der Waals surface area contributed by atoms with Crippen molar-refractivity contribution in [2.45, 2.75) is 25.9 Å². The molecule has 0 unspecified atom stereocenters. The Hall–Kier alpha value is -1.17. The average Bonchev–Trinajstić information content (AvgIpc) is 2.17. The van der Waals surface area contributed by atoms with Crippen LogP contribution < -0.4 is 0 Å². The third kappa shape index (κ3) is 2.32. The number of benzene rings is 1. The van der Waals surface area contributed by atoms with E-state index in [0.717, 1.165) is 0 Å². The van der Waals surface area contributed by atoms with Crippen LogP contribution in [0, 0.1) is 29.1 Å². The highest BCUT2D eigenvalue weighted by atomic mass is 19.2. The van der Waals surface area contributed by atoms with Crippen molar-refractivity contribution in [3.05, 3.63) is 34.6 Å². The molecule has 1 aromatic carbocycles. The SMILES string of the molecule is CC(C)(O)Cc1c(F)c(F)c(F)c(F)c1F. The molecule has 0 aliphatic rings. The van der Waals surface area contributed by atoms with Gasteiger partial charge < -0.3 is 5.11 Å². The van der Waals surface area contributed by atoms with Crippen LogP contribution in [0.15, 0.2) is 0 Å². The molecule has 0 heterocycles. The van der Waals surface area contributed by atoms with Gasteiger partial charge in [-0.1, -0.05) is 0 Å². The Balaban J connectivity index is 3.40. The maximum absolute atomic E-state index is 13.1. The van der Waals surface area contributed by atoms with Crippen LogP contribution in [0.2, 0.25) is 0 Å². The topological polar surface area (TPSA) is 20.2 Å². The number of hydrogen-bond acceptors (Lipinski definition) is 1. The second-order valence-electron chi connectivity index (χ2n) is 4.04. The quantitative estimate of drug-likeness (QED) is 0.478. The molecule has 0 saturated heterocycles. The third-order valence-electron chi connectivity index (χ3n) is 1.91. The van der Waals surface area contributed by atoms with Gasteiger partial charge in [0.25, 0.3) is 0 Å². The average molecular weight is 240 g/mol. The van der Waals surface area contributed by atoms with E-state index in [-0.39, 0.29) is 0 Å². The van der Waals surface area contributed by atoms with E-state index in [1.54, 1.807) is 0 Å². The fourth-order valence-corrected chi connectivity index (χ4v) is 1.24. The molecule has 0 amide bonds. The molecule has 0 fully saturated rings. The number of halogens is 5. The molecule has 0 bridgehead atoms. The molecule has 1 rings (SSSR count). The highest BCUT2D eigenvalue weighted by Crippen LogP contribution is 2.25. The van der Waals surface area contributed by atoms with E-state index >= 15 is 0 Å². The molecule has 90 valence electrons. The molecule has 0 aromatic heterocycles. The number of aliphatic hydroxyl groups is 1. The Labute approximate surface area is 88.5 Å². The molecular weight excluding hydrogens is 231 g/mol. The molecule has 0 aliphatic carbocycles. The van der Waals surface area contributed by atoms with Crippen LogP contribution >= 0.6 is 0 Å². The van der Waals surface area contributed by atoms with Gasteiger partial charge in [-0.25, -0.2) is 22.0 Å². The van der Waals surface area contributed by atoms with Gasteiger partial charge in [0, 0.05) is 12.0 Å². The van der Waals surface area contributed by atoms with Gasteiger partial charge in [-0.05, 0) is 13.8 Å². The van der Waals surface area contributed by atoms with Gasteiger partial charge >= 0.3 is 0 Å². The van der Waals surface area contributed by atoms with E-state index in [1.807, 2.05) is 0 Å². The molecule has 0 atom stereocenters. The lowest BCUT2D eigenvalue weighted by molar-refractivity contribution is 0.0783. The molecule has 16 heavy (non-hydrogen) atoms. The van der Waals surface area contributed by atoms with E-state index < -0.39 is 46.7 Å². The second-order valence-corrected chi connectivity index (χ2v) is 4.04. The highest BCUT2D eigenvalue weighted by Gasteiger charge is 2.28. The lowest BCUT2D eigenvalue weighted by atomic mass is 9.97. The minimum absolute atomic E-state index is 0.668. The van der Waals surface area contributed by atoms with Gasteiger partial charge in [-0.15, -0.1) is 0 Å². The maximum Gasteiger partial charge on any atom is 0.200 e. The van der Waals surface area contributed by atoms with Gasteiger partial charge in [0.15, 0.2) is 23.3 Å². The predicted molar refractivity (Wildman–Crippen MR) is 46.2 cm³/mol. The Bertz CT molecular complexity index is 393. The molecule has 1 N–H and O–H groups in total. The Morgan fingerprint density at radius 1 is 0.812 bits per heavy atom. The number of hydrogen-bond donors (Lipinski definition) is 1. The summed E-state index contributed by atoms with van der Waals surface area (Å²) in [5.74, 6) is -10.0. The molecule has 0 aliphatic heterocycles. The molecule has 1 aromatic rings. The zero-order chi connectivity index (χ0) is 12.7. The van der Waals surface area contributed by atoms with Crippen LogP contribution in [-0.2, 0) is 6.42 Å². The number of rotatable bonds is 2. The van der Waals surface area contributed by atoms with E-state index in [2.05, 4.69) is 0 Å². The van der Waals surface area contributed by atoms with Crippen molar-refractivity contribution in [3.63, 3.8) is 0 Å². The van der Waals surface area contributed by atoms with Crippen LogP contribution in [-0.4, -0.2) is 10.7 Å². The highest BCUT2D eigenvalue weighted by molar-refractivity contribution is 5.25. The first kappa shape index (κ1) is 12.9. The summed E-state index contributed by atoms with van der Waals surface area (Å²) in [7, 11) is 0. The van der Waals surface area contributed by atoms with E-state index in [9.17, 15) is 27.1 Å². The van der Waals surface area contributed by atoms with Crippen LogP contribution in [0.25, 0.3) is 0 Å². The van der Waals surface area contributed by atoms with Crippen molar-refractivity contribution in [2.75, 3.05) is 0 Å². The lowest BCUT2D eigenvalue weighted by Crippen LogP contribution is -2.24. The maximum atomic E-state index is 13.1. The summed E-state index contributed by atoms with van der Waals surface area (Å²) in [6.45, 7) is 2.40. The molecule has 0 radical (unpaired) electrons. The lowest BCUT2D eigenvalue weighted by Gasteiger charge is -2.18. The first-order valence-electron chi connectivity index (χ1n) is 4.38. The fraction of sp³-hybridized carbons (Fsp3) is 0.400. The van der Waals surface area contributed by atoms with Gasteiger partial charge in [0.2, 0.25) is 5.82 Å². The van der Waals surface area contributed by atoms with Crippen LogP contribution in [0.4, 0.5) is 22.0 Å². The molecule has 6 heteroatoms. The van der Waals surface area contributed by atoms with Crippen LogP contribution in [0.5, 0.6) is 0 Å². The monoisotopic (exact) mass is 240 g/mol. The van der Waals surface area contributed by atoms with Crippen molar-refractivity contribution < 1.29 is 27.1 Å². The van der Waals surface area contributed by atoms with E-state index in [4.69, 9.17) is 0 Å². The molecular formula is C10H9F5O. The van der Waals surface area contributed by atoms with E-state index in [1.165, 1.54) is 13.8 Å². The van der Waals surface area contributed by atoms with Crippen LogP contribution in [0.1, 0.15) is 19.4 Å². The van der Waals surface area contributed by atoms with Crippen molar-refractivity contribution >= 4 is 0 Å². The zero-order valence-corrected chi connectivity index (χ0v) is 8.54. The molecule has 1 nitrogen and oxygen atoms in total. The largest absolute Gasteiger partial charge is 0.390 e. The van der Waals surface area contributed by atoms with Gasteiger partial charge in [0.1, 0.15) is 0 Å². The molecule has 0 saturated carbocycles. The predicted octanol–water partition coefficient (Wildman–Crippen LogP) is 2.70. The van der Waals surface area contributed by atoms with Crippen LogP contribution in [0.3, 0.4) is 0 Å².